The van der Waals surface area contributed by atoms with Crippen LogP contribution in [-0.2, 0) is 19.9 Å². The molecule has 1 atom stereocenters. The summed E-state index contributed by atoms with van der Waals surface area (Å²) in [5.41, 5.74) is 1.34. The average molecular weight is 291 g/mol. The third kappa shape index (κ3) is 5.10. The van der Waals surface area contributed by atoms with Gasteiger partial charge in [-0.1, -0.05) is 13.0 Å². The molecule has 0 radical (unpaired) electrons. The number of aryl methyl sites for hydroxylation is 3. The molecule has 0 amide bonds. The first-order valence-corrected chi connectivity index (χ1v) is 8.39. The van der Waals surface area contributed by atoms with E-state index >= 15 is 0 Å². The highest BCUT2D eigenvalue weighted by molar-refractivity contribution is 7.09. The van der Waals surface area contributed by atoms with Crippen molar-refractivity contribution in [2.75, 3.05) is 6.54 Å². The molecule has 4 heteroatoms. The summed E-state index contributed by atoms with van der Waals surface area (Å²) < 4.78 is 1.88. The van der Waals surface area contributed by atoms with Gasteiger partial charge in [0.05, 0.1) is 6.20 Å². The first kappa shape index (κ1) is 15.3. The molecule has 0 aromatic carbocycles. The largest absolute Gasteiger partial charge is 0.314 e. The van der Waals surface area contributed by atoms with Crippen LogP contribution < -0.4 is 5.32 Å². The fourth-order valence-corrected chi connectivity index (χ4v) is 3.31. The third-order valence-electron chi connectivity index (χ3n) is 3.59. The Morgan fingerprint density at radius 3 is 2.90 bits per heavy atom. The molecule has 0 aliphatic heterocycles. The molecule has 110 valence electrons. The van der Waals surface area contributed by atoms with Gasteiger partial charge in [-0.2, -0.15) is 5.10 Å². The normalized spacial score (nSPS) is 12.7. The van der Waals surface area contributed by atoms with Crippen LogP contribution >= 0.6 is 11.3 Å². The van der Waals surface area contributed by atoms with Crippen LogP contribution in [0.1, 0.15) is 36.6 Å². The Morgan fingerprint density at radius 2 is 2.25 bits per heavy atom. The lowest BCUT2D eigenvalue weighted by atomic mass is 10.0. The van der Waals surface area contributed by atoms with Crippen molar-refractivity contribution in [3.05, 3.63) is 40.3 Å². The fraction of sp³-hybridized carbons (Fsp3) is 0.562. The average Bonchev–Trinajstić information content (AvgIpc) is 3.07. The van der Waals surface area contributed by atoms with E-state index in [1.165, 1.54) is 36.1 Å². The fourth-order valence-electron chi connectivity index (χ4n) is 2.56. The summed E-state index contributed by atoms with van der Waals surface area (Å²) in [4.78, 5) is 1.51. The molecule has 0 bridgehead atoms. The van der Waals surface area contributed by atoms with Gasteiger partial charge in [-0.15, -0.1) is 11.3 Å². The second-order valence-electron chi connectivity index (χ2n) is 5.29. The molecule has 0 saturated heterocycles. The zero-order valence-electron chi connectivity index (χ0n) is 12.5. The molecule has 2 rings (SSSR count). The number of hydrogen-bond donors (Lipinski definition) is 1. The van der Waals surface area contributed by atoms with Crippen LogP contribution in [0.2, 0.25) is 0 Å². The summed E-state index contributed by atoms with van der Waals surface area (Å²) in [6, 6.07) is 5.01. The van der Waals surface area contributed by atoms with Crippen molar-refractivity contribution >= 4 is 11.3 Å². The molecule has 0 aliphatic carbocycles. The van der Waals surface area contributed by atoms with Crippen LogP contribution in [0, 0.1) is 0 Å². The van der Waals surface area contributed by atoms with E-state index in [0.717, 1.165) is 13.0 Å². The first-order valence-electron chi connectivity index (χ1n) is 7.51. The zero-order valence-corrected chi connectivity index (χ0v) is 13.3. The second-order valence-corrected chi connectivity index (χ2v) is 6.32. The number of hydrogen-bond acceptors (Lipinski definition) is 3. The zero-order chi connectivity index (χ0) is 14.2. The molecule has 1 N–H and O–H groups in total. The van der Waals surface area contributed by atoms with Gasteiger partial charge in [0.2, 0.25) is 0 Å². The van der Waals surface area contributed by atoms with Crippen LogP contribution in [0.5, 0.6) is 0 Å². The molecule has 1 unspecified atom stereocenters. The van der Waals surface area contributed by atoms with Gasteiger partial charge in [0, 0.05) is 24.2 Å². The highest BCUT2D eigenvalue weighted by atomic mass is 32.1. The number of aromatic nitrogens is 2. The molecule has 0 spiro atoms. The Kier molecular flexibility index (Phi) is 6.27. The quantitative estimate of drug-likeness (QED) is 0.767. The van der Waals surface area contributed by atoms with Crippen molar-refractivity contribution in [1.29, 1.82) is 0 Å². The van der Waals surface area contributed by atoms with E-state index in [1.54, 1.807) is 0 Å². The van der Waals surface area contributed by atoms with E-state index in [4.69, 9.17) is 0 Å². The molecule has 3 nitrogen and oxygen atoms in total. The summed E-state index contributed by atoms with van der Waals surface area (Å²) >= 11 is 1.87. The first-order chi connectivity index (χ1) is 9.78. The maximum Gasteiger partial charge on any atom is 0.0521 e. The standard InChI is InChI=1S/C16H25N3S/c1-3-17-15(6-4-7-16-8-5-11-20-16)10-9-14-12-18-19(2)13-14/h5,8,11-13,15,17H,3-4,6-7,9-10H2,1-2H3. The van der Waals surface area contributed by atoms with Gasteiger partial charge in [-0.25, -0.2) is 0 Å². The molecule has 2 heterocycles. The van der Waals surface area contributed by atoms with Gasteiger partial charge >= 0.3 is 0 Å². The second kappa shape index (κ2) is 8.22. The van der Waals surface area contributed by atoms with Gasteiger partial charge in [-0.05, 0) is 55.7 Å². The number of thiophene rings is 1. The van der Waals surface area contributed by atoms with E-state index in [0.29, 0.717) is 6.04 Å². The van der Waals surface area contributed by atoms with E-state index in [-0.39, 0.29) is 0 Å². The van der Waals surface area contributed by atoms with Crippen LogP contribution in [0.3, 0.4) is 0 Å². The lowest BCUT2D eigenvalue weighted by molar-refractivity contribution is 0.452. The number of rotatable bonds is 9. The predicted octanol–water partition coefficient (Wildman–Crippen LogP) is 3.42. The van der Waals surface area contributed by atoms with Crippen molar-refractivity contribution in [2.24, 2.45) is 7.05 Å². The number of nitrogens with one attached hydrogen (secondary N) is 1. The number of nitrogens with zero attached hydrogens (tertiary/aromatic N) is 2. The molecule has 0 saturated carbocycles. The summed E-state index contributed by atoms with van der Waals surface area (Å²) in [6.07, 6.45) is 10.2. The van der Waals surface area contributed by atoms with Gasteiger partial charge < -0.3 is 5.32 Å². The molecule has 2 aromatic heterocycles. The van der Waals surface area contributed by atoms with Crippen LogP contribution in [0.4, 0.5) is 0 Å². The minimum absolute atomic E-state index is 0.625. The smallest absolute Gasteiger partial charge is 0.0521 e. The third-order valence-corrected chi connectivity index (χ3v) is 4.52. The Balaban J connectivity index is 1.71. The lowest BCUT2D eigenvalue weighted by Gasteiger charge is -2.17. The van der Waals surface area contributed by atoms with Crippen LogP contribution in [-0.4, -0.2) is 22.4 Å². The topological polar surface area (TPSA) is 29.9 Å². The Hall–Kier alpha value is -1.13. The highest BCUT2D eigenvalue weighted by Gasteiger charge is 2.08. The maximum absolute atomic E-state index is 4.23. The van der Waals surface area contributed by atoms with Crippen molar-refractivity contribution in [3.8, 4) is 0 Å². The van der Waals surface area contributed by atoms with E-state index in [1.807, 2.05) is 29.3 Å². The minimum Gasteiger partial charge on any atom is -0.314 e. The minimum atomic E-state index is 0.625. The van der Waals surface area contributed by atoms with Gasteiger partial charge in [0.15, 0.2) is 0 Å². The van der Waals surface area contributed by atoms with Crippen molar-refractivity contribution in [2.45, 2.75) is 45.1 Å². The van der Waals surface area contributed by atoms with E-state index < -0.39 is 0 Å². The predicted molar refractivity (Wildman–Crippen MR) is 86.3 cm³/mol. The van der Waals surface area contributed by atoms with E-state index in [9.17, 15) is 0 Å². The Labute approximate surface area is 126 Å². The van der Waals surface area contributed by atoms with E-state index in [2.05, 4.69) is 41.0 Å². The SMILES string of the molecule is CCNC(CCCc1cccs1)CCc1cnn(C)c1. The molecular weight excluding hydrogens is 266 g/mol. The monoisotopic (exact) mass is 291 g/mol. The summed E-state index contributed by atoms with van der Waals surface area (Å²) in [5, 5.41) is 10.0. The summed E-state index contributed by atoms with van der Waals surface area (Å²) in [7, 11) is 1.98. The van der Waals surface area contributed by atoms with Crippen molar-refractivity contribution in [3.63, 3.8) is 0 Å². The molecular formula is C16H25N3S. The molecule has 0 aliphatic rings. The highest BCUT2D eigenvalue weighted by Crippen LogP contribution is 2.14. The Bertz CT molecular complexity index is 476. The summed E-state index contributed by atoms with van der Waals surface area (Å²) in [5.74, 6) is 0. The summed E-state index contributed by atoms with van der Waals surface area (Å²) in [6.45, 7) is 3.24. The molecule has 2 aromatic rings. The molecule has 20 heavy (non-hydrogen) atoms. The van der Waals surface area contributed by atoms with Gasteiger partial charge in [0.25, 0.3) is 0 Å². The van der Waals surface area contributed by atoms with Crippen molar-refractivity contribution in [1.82, 2.24) is 15.1 Å². The van der Waals surface area contributed by atoms with Gasteiger partial charge in [-0.3, -0.25) is 4.68 Å². The molecule has 0 fully saturated rings. The van der Waals surface area contributed by atoms with Crippen LogP contribution in [0.25, 0.3) is 0 Å². The maximum atomic E-state index is 4.23. The van der Waals surface area contributed by atoms with Crippen molar-refractivity contribution < 1.29 is 0 Å². The van der Waals surface area contributed by atoms with Gasteiger partial charge in [0.1, 0.15) is 0 Å². The Morgan fingerprint density at radius 1 is 1.35 bits per heavy atom. The lowest BCUT2D eigenvalue weighted by Crippen LogP contribution is -2.29. The van der Waals surface area contributed by atoms with Crippen LogP contribution in [0.15, 0.2) is 29.9 Å².